The number of carbonyl (C=O) groups excluding carboxylic acids is 2. The molecule has 306 valence electrons. The van der Waals surface area contributed by atoms with E-state index in [4.69, 9.17) is 44.6 Å². The number of methoxy groups -OCH3 is 2. The lowest BCUT2D eigenvalue weighted by atomic mass is 9.80. The van der Waals surface area contributed by atoms with Gasteiger partial charge in [0.05, 0.1) is 44.3 Å². The number of nitrogens with two attached hydrogens (primary N) is 2. The smallest absolute Gasteiger partial charge is 0.311 e. The van der Waals surface area contributed by atoms with Gasteiger partial charge >= 0.3 is 5.97 Å². The Morgan fingerprint density at radius 1 is 1.02 bits per heavy atom. The molecule has 0 bridgehead atoms. The number of aliphatic hydroxyl groups is 3. The lowest BCUT2D eigenvalue weighted by Gasteiger charge is -2.43. The Kier molecular flexibility index (Phi) is 10.9. The van der Waals surface area contributed by atoms with Crippen LogP contribution < -0.4 is 45.2 Å². The Hall–Kier alpha value is -5.53. The van der Waals surface area contributed by atoms with Gasteiger partial charge in [0.25, 0.3) is 0 Å². The van der Waals surface area contributed by atoms with Gasteiger partial charge in [-0.05, 0) is 23.8 Å². The van der Waals surface area contributed by atoms with E-state index in [0.29, 0.717) is 42.5 Å². The van der Waals surface area contributed by atoms with Gasteiger partial charge in [-0.1, -0.05) is 36.4 Å². The molecule has 1 saturated heterocycles. The molecule has 0 saturated carbocycles. The number of carboxylic acid groups (broad SMARTS) is 1. The first-order valence-electron chi connectivity index (χ1n) is 18.8. The molecule has 0 spiro atoms. The second kappa shape index (κ2) is 16.0. The summed E-state index contributed by atoms with van der Waals surface area (Å²) in [6, 6.07) is 17.2. The number of allylic oxidation sites excluding steroid dienone is 1. The lowest BCUT2D eigenvalue weighted by Crippen LogP contribution is -3.05. The number of hydrogen-bond acceptors (Lipinski definition) is 16. The van der Waals surface area contributed by atoms with Gasteiger partial charge in [-0.3, -0.25) is 14.7 Å². The van der Waals surface area contributed by atoms with Crippen molar-refractivity contribution in [1.29, 1.82) is 0 Å². The Balaban J connectivity index is 1.18. The Bertz CT molecular complexity index is 2160. The highest BCUT2D eigenvalue weighted by molar-refractivity contribution is 6.06. The molecule has 10 atom stereocenters. The van der Waals surface area contributed by atoms with Crippen LogP contribution in [0.2, 0.25) is 0 Å². The fourth-order valence-corrected chi connectivity index (χ4v) is 8.39. The molecule has 3 aromatic carbocycles. The minimum Gasteiger partial charge on any atom is -0.550 e. The number of aliphatic imine (C=N–C) groups is 1. The van der Waals surface area contributed by atoms with Gasteiger partial charge in [-0.25, -0.2) is 0 Å². The van der Waals surface area contributed by atoms with Crippen molar-refractivity contribution in [3.05, 3.63) is 101 Å². The highest BCUT2D eigenvalue weighted by Gasteiger charge is 2.52. The number of esters is 1. The fourth-order valence-electron chi connectivity index (χ4n) is 8.39. The maximum Gasteiger partial charge on any atom is 0.311 e. The molecular formula is C41H44N4O13. The number of carboxylic acids is 1. The largest absolute Gasteiger partial charge is 0.550 e. The summed E-state index contributed by atoms with van der Waals surface area (Å²) in [6.45, 7) is 1.05. The Morgan fingerprint density at radius 2 is 1.81 bits per heavy atom. The van der Waals surface area contributed by atoms with Gasteiger partial charge in [-0.2, -0.15) is 0 Å². The minimum absolute atomic E-state index is 0.165. The summed E-state index contributed by atoms with van der Waals surface area (Å²) in [7, 11) is 3.12. The second-order valence-corrected chi connectivity index (χ2v) is 14.8. The molecule has 5 aliphatic heterocycles. The van der Waals surface area contributed by atoms with Crippen LogP contribution in [0.1, 0.15) is 40.7 Å². The number of carbonyl (C=O) groups is 2. The molecule has 0 radical (unpaired) electrons. The first-order valence-corrected chi connectivity index (χ1v) is 18.8. The van der Waals surface area contributed by atoms with Crippen LogP contribution >= 0.6 is 0 Å². The molecule has 1 fully saturated rings. The van der Waals surface area contributed by atoms with Gasteiger partial charge in [0.1, 0.15) is 73.1 Å². The predicted octanol–water partition coefficient (Wildman–Crippen LogP) is -1.34. The van der Waals surface area contributed by atoms with Crippen LogP contribution in [0.4, 0.5) is 0 Å². The number of rotatable bonds is 13. The third-order valence-electron chi connectivity index (χ3n) is 11.0. The topological polar surface area (TPSA) is 251 Å². The summed E-state index contributed by atoms with van der Waals surface area (Å²) in [5.41, 5.74) is 17.2. The Morgan fingerprint density at radius 3 is 2.52 bits per heavy atom. The summed E-state index contributed by atoms with van der Waals surface area (Å²) >= 11 is 0. The van der Waals surface area contributed by atoms with Crippen LogP contribution in [-0.4, -0.2) is 103 Å². The monoisotopic (exact) mass is 800 g/mol. The summed E-state index contributed by atoms with van der Waals surface area (Å²) in [6.07, 6.45) is -7.83. The number of quaternary nitrogens is 1. The van der Waals surface area contributed by atoms with E-state index in [1.165, 1.54) is 0 Å². The van der Waals surface area contributed by atoms with Gasteiger partial charge < -0.3 is 69.8 Å². The summed E-state index contributed by atoms with van der Waals surface area (Å²) in [4.78, 5) is 28.9. The number of hydrogen-bond donors (Lipinski definition) is 6. The quantitative estimate of drug-likeness (QED) is 0.0665. The fraction of sp³-hybridized carbons (Fsp3) is 0.390. The van der Waals surface area contributed by atoms with Gasteiger partial charge in [0, 0.05) is 35.4 Å². The number of aliphatic carboxylic acids is 1. The second-order valence-electron chi connectivity index (χ2n) is 14.8. The standard InChI is InChI=1S/C41H44N4O13/c1-52-25-9-8-23-31-26(12-19-6-4-3-5-7-19)55-27-14-22(54-41-34(51)32(49)33(50)38(58-41)39(40(42)43)56-29(48)15-28(46)47)13-21(17-45-16-20-10-11-44-24(20)18-45)30(27)37(31)57-35(23)36(25)53-2/h3-11,13-14,16,26,31-34,37-41,49-51H,12,15,17-18,42-43H2,1-2H3,(H,46,47)/t26-,31-,32+,33+,34-,37-,38+,39+,41+/m1/s1. The highest BCUT2D eigenvalue weighted by atomic mass is 16.7. The third kappa shape index (κ3) is 7.37. The molecule has 8 rings (SSSR count). The third-order valence-corrected chi connectivity index (χ3v) is 11.0. The van der Waals surface area contributed by atoms with Crippen LogP contribution in [0.3, 0.4) is 0 Å². The van der Waals surface area contributed by atoms with E-state index >= 15 is 0 Å². The summed E-state index contributed by atoms with van der Waals surface area (Å²) in [5, 5.41) is 44.1. The van der Waals surface area contributed by atoms with Crippen molar-refractivity contribution in [2.24, 2.45) is 16.5 Å². The first-order chi connectivity index (χ1) is 27.9. The van der Waals surface area contributed by atoms with Crippen molar-refractivity contribution in [2.45, 2.75) is 80.5 Å². The van der Waals surface area contributed by atoms with E-state index in [1.54, 1.807) is 32.6 Å². The molecule has 8 N–H and O–H groups in total. The zero-order valence-electron chi connectivity index (χ0n) is 31.6. The molecule has 0 aliphatic carbocycles. The molecule has 5 aliphatic rings. The predicted molar refractivity (Wildman–Crippen MR) is 200 cm³/mol. The van der Waals surface area contributed by atoms with E-state index in [-0.39, 0.29) is 11.7 Å². The molecule has 0 amide bonds. The number of nitrogens with zero attached hydrogens (tertiary/aromatic N) is 1. The van der Waals surface area contributed by atoms with E-state index in [2.05, 4.69) is 11.2 Å². The van der Waals surface area contributed by atoms with Crippen LogP contribution in [0.25, 0.3) is 0 Å². The van der Waals surface area contributed by atoms with Crippen molar-refractivity contribution in [1.82, 2.24) is 0 Å². The maximum absolute atomic E-state index is 12.3. The van der Waals surface area contributed by atoms with E-state index < -0.39 is 73.5 Å². The van der Waals surface area contributed by atoms with Crippen molar-refractivity contribution < 1.29 is 68.1 Å². The van der Waals surface area contributed by atoms with Gasteiger partial charge in [0.2, 0.25) is 12.0 Å². The zero-order valence-corrected chi connectivity index (χ0v) is 31.6. The van der Waals surface area contributed by atoms with Crippen LogP contribution in [0, 0.1) is 0 Å². The van der Waals surface area contributed by atoms with Crippen molar-refractivity contribution in [2.75, 3.05) is 20.8 Å². The molecule has 1 unspecified atom stereocenters. The molecule has 17 nitrogen and oxygen atoms in total. The lowest BCUT2D eigenvalue weighted by molar-refractivity contribution is -0.848. The Labute approximate surface area is 332 Å². The minimum atomic E-state index is -1.89. The average molecular weight is 801 g/mol. The number of aliphatic hydroxyl groups excluding tert-OH is 3. The SMILES string of the molecule is COc1ccc2c(c1OC)O[C@@H]1c3c(C[NH+]4C=C5C=CN=C5C4)cc(O[C@H]4O[C@H]([C@H](OC(=O)CC(=O)[O-])C(N)N)[C@@H](O)[C@H](O)[C@H]4O)cc3O[C@H](Cc3ccccc3)[C@@H]21. The number of fused-ring (bicyclic) bond motifs is 6. The summed E-state index contributed by atoms with van der Waals surface area (Å²) < 4.78 is 42.6. The first kappa shape index (κ1) is 39.3. The van der Waals surface area contributed by atoms with Gasteiger partial charge in [-0.15, -0.1) is 0 Å². The normalized spacial score (nSPS) is 28.2. The van der Waals surface area contributed by atoms with E-state index in [1.807, 2.05) is 48.5 Å². The molecule has 58 heavy (non-hydrogen) atoms. The van der Waals surface area contributed by atoms with E-state index in [9.17, 15) is 30.0 Å². The molecule has 0 aromatic heterocycles. The van der Waals surface area contributed by atoms with Crippen molar-refractivity contribution in [3.8, 4) is 28.7 Å². The molecular weight excluding hydrogens is 756 g/mol. The van der Waals surface area contributed by atoms with Crippen LogP contribution in [0.15, 0.2) is 83.6 Å². The highest BCUT2D eigenvalue weighted by Crippen LogP contribution is 2.59. The van der Waals surface area contributed by atoms with Crippen LogP contribution in [-0.2, 0) is 32.0 Å². The van der Waals surface area contributed by atoms with Crippen molar-refractivity contribution in [3.63, 3.8) is 0 Å². The maximum atomic E-state index is 12.3. The number of ether oxygens (including phenoxy) is 7. The zero-order chi connectivity index (χ0) is 40.8. The molecule has 17 heteroatoms. The number of nitrogens with one attached hydrogen (secondary N) is 1. The van der Waals surface area contributed by atoms with Crippen molar-refractivity contribution >= 4 is 17.7 Å². The van der Waals surface area contributed by atoms with Gasteiger partial charge in [0.15, 0.2) is 17.6 Å². The summed E-state index contributed by atoms with van der Waals surface area (Å²) in [5.74, 6) is -1.13. The van der Waals surface area contributed by atoms with E-state index in [0.717, 1.165) is 38.4 Å². The molecule has 3 aromatic rings. The molecule has 5 heterocycles. The number of benzene rings is 3. The van der Waals surface area contributed by atoms with Crippen LogP contribution in [0.5, 0.6) is 28.7 Å². The average Bonchev–Trinajstić information content (AvgIpc) is 3.91.